The predicted molar refractivity (Wildman–Crippen MR) is 69.6 cm³/mol. The lowest BCUT2D eigenvalue weighted by molar-refractivity contribution is 0.622. The monoisotopic (exact) mass is 250 g/mol. The number of thiazole rings is 1. The molecule has 0 unspecified atom stereocenters. The number of hydrogen-bond donors (Lipinski definition) is 1. The van der Waals surface area contributed by atoms with Gasteiger partial charge in [0.25, 0.3) is 0 Å². The van der Waals surface area contributed by atoms with E-state index in [1.165, 1.54) is 11.3 Å². The van der Waals surface area contributed by atoms with E-state index in [2.05, 4.69) is 17.2 Å². The van der Waals surface area contributed by atoms with E-state index in [9.17, 15) is 4.39 Å². The molecule has 0 fully saturated rings. The van der Waals surface area contributed by atoms with E-state index in [-0.39, 0.29) is 5.82 Å². The van der Waals surface area contributed by atoms with Crippen molar-refractivity contribution in [1.29, 1.82) is 0 Å². The van der Waals surface area contributed by atoms with Gasteiger partial charge in [-0.3, -0.25) is 0 Å². The van der Waals surface area contributed by atoms with Gasteiger partial charge in [0.05, 0.1) is 0 Å². The molecule has 1 heterocycles. The van der Waals surface area contributed by atoms with Crippen LogP contribution in [0.3, 0.4) is 0 Å². The van der Waals surface area contributed by atoms with Crippen molar-refractivity contribution in [2.75, 3.05) is 6.54 Å². The van der Waals surface area contributed by atoms with Crippen molar-refractivity contribution in [3.05, 3.63) is 40.7 Å². The van der Waals surface area contributed by atoms with Crippen LogP contribution in [-0.2, 0) is 6.54 Å². The topological polar surface area (TPSA) is 24.9 Å². The van der Waals surface area contributed by atoms with E-state index in [0.29, 0.717) is 11.1 Å². The van der Waals surface area contributed by atoms with Gasteiger partial charge in [-0.1, -0.05) is 19.1 Å². The van der Waals surface area contributed by atoms with Crippen LogP contribution in [0.15, 0.2) is 24.4 Å². The first-order valence-electron chi connectivity index (χ1n) is 5.63. The normalized spacial score (nSPS) is 10.8. The van der Waals surface area contributed by atoms with E-state index in [4.69, 9.17) is 0 Å². The Kier molecular flexibility index (Phi) is 3.86. The number of benzene rings is 1. The Balaban J connectivity index is 2.27. The fourth-order valence-electron chi connectivity index (χ4n) is 1.57. The molecule has 2 nitrogen and oxygen atoms in total. The zero-order valence-corrected chi connectivity index (χ0v) is 10.8. The Bertz CT molecular complexity index is 508. The molecule has 0 spiro atoms. The third-order valence-electron chi connectivity index (χ3n) is 2.53. The summed E-state index contributed by atoms with van der Waals surface area (Å²) in [6.45, 7) is 5.54. The molecule has 0 radical (unpaired) electrons. The van der Waals surface area contributed by atoms with Gasteiger partial charge in [0.1, 0.15) is 10.8 Å². The predicted octanol–water partition coefficient (Wildman–Crippen LogP) is 3.37. The largest absolute Gasteiger partial charge is 0.312 e. The molecule has 4 heteroatoms. The number of rotatable bonds is 4. The van der Waals surface area contributed by atoms with E-state index < -0.39 is 0 Å². The molecule has 2 aromatic rings. The summed E-state index contributed by atoms with van der Waals surface area (Å²) >= 11 is 1.54. The quantitative estimate of drug-likeness (QED) is 0.900. The lowest BCUT2D eigenvalue weighted by Gasteiger charge is -2.01. The van der Waals surface area contributed by atoms with Crippen LogP contribution in [0.1, 0.15) is 17.4 Å². The number of nitrogens with zero attached hydrogens (tertiary/aromatic N) is 1. The Morgan fingerprint density at radius 3 is 3.00 bits per heavy atom. The van der Waals surface area contributed by atoms with Crippen molar-refractivity contribution in [3.8, 4) is 10.6 Å². The van der Waals surface area contributed by atoms with E-state index in [1.54, 1.807) is 19.1 Å². The van der Waals surface area contributed by atoms with Crippen molar-refractivity contribution >= 4 is 11.3 Å². The second-order valence-electron chi connectivity index (χ2n) is 3.85. The van der Waals surface area contributed by atoms with E-state index in [0.717, 1.165) is 23.0 Å². The highest BCUT2D eigenvalue weighted by Crippen LogP contribution is 2.28. The molecule has 0 bridgehead atoms. The molecule has 90 valence electrons. The minimum absolute atomic E-state index is 0.170. The summed E-state index contributed by atoms with van der Waals surface area (Å²) in [6.07, 6.45) is 1.81. The molecule has 1 aromatic heterocycles. The molecule has 0 aliphatic carbocycles. The van der Waals surface area contributed by atoms with Crippen LogP contribution in [0.5, 0.6) is 0 Å². The van der Waals surface area contributed by atoms with Gasteiger partial charge in [-0.2, -0.15) is 0 Å². The summed E-state index contributed by atoms with van der Waals surface area (Å²) in [7, 11) is 0. The van der Waals surface area contributed by atoms with Crippen LogP contribution in [-0.4, -0.2) is 11.5 Å². The first-order chi connectivity index (χ1) is 8.22. The maximum Gasteiger partial charge on any atom is 0.136 e. The van der Waals surface area contributed by atoms with Gasteiger partial charge in [-0.15, -0.1) is 11.3 Å². The molecule has 2 rings (SSSR count). The SMILES string of the molecule is CCNCc1cnc(-c2cccc(C)c2F)s1. The molecular formula is C13H15FN2S. The van der Waals surface area contributed by atoms with Gasteiger partial charge in [0, 0.05) is 23.2 Å². The van der Waals surface area contributed by atoms with Gasteiger partial charge in [0.15, 0.2) is 0 Å². The van der Waals surface area contributed by atoms with Gasteiger partial charge in [-0.25, -0.2) is 9.37 Å². The molecule has 0 saturated carbocycles. The van der Waals surface area contributed by atoms with Gasteiger partial charge in [-0.05, 0) is 25.1 Å². The van der Waals surface area contributed by atoms with Gasteiger partial charge < -0.3 is 5.32 Å². The zero-order valence-electron chi connectivity index (χ0n) is 9.96. The summed E-state index contributed by atoms with van der Waals surface area (Å²) in [5.41, 5.74) is 1.25. The Hall–Kier alpha value is -1.26. The van der Waals surface area contributed by atoms with Crippen LogP contribution in [0.4, 0.5) is 4.39 Å². The van der Waals surface area contributed by atoms with E-state index >= 15 is 0 Å². The van der Waals surface area contributed by atoms with Gasteiger partial charge in [0.2, 0.25) is 0 Å². The second-order valence-corrected chi connectivity index (χ2v) is 4.96. The third kappa shape index (κ3) is 2.70. The van der Waals surface area contributed by atoms with Crippen LogP contribution in [0.25, 0.3) is 10.6 Å². The van der Waals surface area contributed by atoms with E-state index in [1.807, 2.05) is 12.3 Å². The van der Waals surface area contributed by atoms with Crippen molar-refractivity contribution in [1.82, 2.24) is 10.3 Å². The average molecular weight is 250 g/mol. The Labute approximate surface area is 105 Å². The number of aromatic nitrogens is 1. The molecule has 1 aromatic carbocycles. The fourth-order valence-corrected chi connectivity index (χ4v) is 2.48. The third-order valence-corrected chi connectivity index (χ3v) is 3.56. The van der Waals surface area contributed by atoms with Crippen molar-refractivity contribution in [2.24, 2.45) is 0 Å². The van der Waals surface area contributed by atoms with Crippen LogP contribution in [0, 0.1) is 12.7 Å². The van der Waals surface area contributed by atoms with Crippen molar-refractivity contribution < 1.29 is 4.39 Å². The number of aryl methyl sites for hydroxylation is 1. The maximum atomic E-state index is 13.9. The van der Waals surface area contributed by atoms with Crippen molar-refractivity contribution in [3.63, 3.8) is 0 Å². The fraction of sp³-hybridized carbons (Fsp3) is 0.308. The molecule has 1 N–H and O–H groups in total. The van der Waals surface area contributed by atoms with Gasteiger partial charge >= 0.3 is 0 Å². The van der Waals surface area contributed by atoms with Crippen LogP contribution in [0.2, 0.25) is 0 Å². The minimum atomic E-state index is -0.170. The standard InChI is InChI=1S/C13H15FN2S/c1-3-15-7-10-8-16-13(17-10)11-6-4-5-9(2)12(11)14/h4-6,8,15H,3,7H2,1-2H3. The molecule has 0 amide bonds. The first-order valence-corrected chi connectivity index (χ1v) is 6.45. The summed E-state index contributed by atoms with van der Waals surface area (Å²) < 4.78 is 13.9. The Morgan fingerprint density at radius 1 is 1.41 bits per heavy atom. The summed E-state index contributed by atoms with van der Waals surface area (Å²) in [4.78, 5) is 5.41. The number of nitrogens with one attached hydrogen (secondary N) is 1. The molecule has 17 heavy (non-hydrogen) atoms. The Morgan fingerprint density at radius 2 is 2.24 bits per heavy atom. The van der Waals surface area contributed by atoms with Crippen molar-refractivity contribution in [2.45, 2.75) is 20.4 Å². The number of halogens is 1. The minimum Gasteiger partial charge on any atom is -0.312 e. The number of hydrogen-bond acceptors (Lipinski definition) is 3. The molecule has 0 saturated heterocycles. The molecule has 0 atom stereocenters. The summed E-state index contributed by atoms with van der Waals surface area (Å²) in [5, 5.41) is 3.98. The maximum absolute atomic E-state index is 13.9. The molecular weight excluding hydrogens is 235 g/mol. The first kappa shape index (κ1) is 12.2. The summed E-state index contributed by atoms with van der Waals surface area (Å²) in [5.74, 6) is -0.170. The van der Waals surface area contributed by atoms with Crippen LogP contribution < -0.4 is 5.32 Å². The zero-order chi connectivity index (χ0) is 12.3. The lowest BCUT2D eigenvalue weighted by Crippen LogP contribution is -2.10. The molecule has 0 aliphatic heterocycles. The summed E-state index contributed by atoms with van der Waals surface area (Å²) in [6, 6.07) is 5.41. The highest BCUT2D eigenvalue weighted by Gasteiger charge is 2.10. The molecule has 0 aliphatic rings. The highest BCUT2D eigenvalue weighted by molar-refractivity contribution is 7.15. The smallest absolute Gasteiger partial charge is 0.136 e. The second kappa shape index (κ2) is 5.38. The van der Waals surface area contributed by atoms with Crippen LogP contribution >= 0.6 is 11.3 Å². The average Bonchev–Trinajstić information content (AvgIpc) is 2.78. The lowest BCUT2D eigenvalue weighted by atomic mass is 10.1. The highest BCUT2D eigenvalue weighted by atomic mass is 32.1.